The molecule has 0 aliphatic rings. The topological polar surface area (TPSA) is 94.5 Å². The number of para-hydroxylation sites is 1. The SMILES string of the molecule is COc1ccc(CNC(=O)c2cc(NC(C)=O)n(-c3ccccc3)n2)cc1OC. The van der Waals surface area contributed by atoms with Gasteiger partial charge in [-0.2, -0.15) is 5.10 Å². The Morgan fingerprint density at radius 1 is 1.00 bits per heavy atom. The smallest absolute Gasteiger partial charge is 0.272 e. The van der Waals surface area contributed by atoms with Crippen molar-refractivity contribution in [3.63, 3.8) is 0 Å². The first-order valence-corrected chi connectivity index (χ1v) is 8.94. The van der Waals surface area contributed by atoms with E-state index in [-0.39, 0.29) is 24.1 Å². The van der Waals surface area contributed by atoms with Gasteiger partial charge in [0.1, 0.15) is 5.82 Å². The van der Waals surface area contributed by atoms with Crippen molar-refractivity contribution >= 4 is 17.6 Å². The second-order valence-corrected chi connectivity index (χ2v) is 6.22. The predicted molar refractivity (Wildman–Crippen MR) is 109 cm³/mol. The molecular weight excluding hydrogens is 372 g/mol. The van der Waals surface area contributed by atoms with Gasteiger partial charge in [0.2, 0.25) is 5.91 Å². The number of carbonyl (C=O) groups is 2. The molecule has 0 radical (unpaired) electrons. The number of amides is 2. The maximum Gasteiger partial charge on any atom is 0.272 e. The number of nitrogens with one attached hydrogen (secondary N) is 2. The van der Waals surface area contributed by atoms with E-state index in [1.807, 2.05) is 36.4 Å². The molecule has 29 heavy (non-hydrogen) atoms. The van der Waals surface area contributed by atoms with Crippen LogP contribution in [-0.4, -0.2) is 35.8 Å². The fourth-order valence-corrected chi connectivity index (χ4v) is 2.79. The zero-order chi connectivity index (χ0) is 20.8. The number of hydrogen-bond acceptors (Lipinski definition) is 5. The highest BCUT2D eigenvalue weighted by Gasteiger charge is 2.16. The first-order chi connectivity index (χ1) is 14.0. The maximum atomic E-state index is 12.6. The first-order valence-electron chi connectivity index (χ1n) is 8.94. The Bertz CT molecular complexity index is 1010. The summed E-state index contributed by atoms with van der Waals surface area (Å²) in [6, 6.07) is 16.2. The van der Waals surface area contributed by atoms with Crippen LogP contribution in [0.1, 0.15) is 23.0 Å². The van der Waals surface area contributed by atoms with Crippen molar-refractivity contribution in [2.45, 2.75) is 13.5 Å². The average molecular weight is 394 g/mol. The lowest BCUT2D eigenvalue weighted by atomic mass is 10.2. The molecular formula is C21H22N4O4. The van der Waals surface area contributed by atoms with Gasteiger partial charge in [0.25, 0.3) is 5.91 Å². The summed E-state index contributed by atoms with van der Waals surface area (Å²) in [6.07, 6.45) is 0. The molecule has 0 saturated heterocycles. The molecule has 0 aliphatic carbocycles. The molecule has 2 aromatic carbocycles. The van der Waals surface area contributed by atoms with Crippen LogP contribution in [0.5, 0.6) is 11.5 Å². The largest absolute Gasteiger partial charge is 0.493 e. The lowest BCUT2D eigenvalue weighted by Gasteiger charge is -2.10. The van der Waals surface area contributed by atoms with Crippen LogP contribution in [0.15, 0.2) is 54.6 Å². The Morgan fingerprint density at radius 3 is 2.38 bits per heavy atom. The maximum absolute atomic E-state index is 12.6. The monoisotopic (exact) mass is 394 g/mol. The van der Waals surface area contributed by atoms with Gasteiger partial charge in [-0.3, -0.25) is 9.59 Å². The minimum Gasteiger partial charge on any atom is -0.493 e. The number of ether oxygens (including phenoxy) is 2. The second-order valence-electron chi connectivity index (χ2n) is 6.22. The first kappa shape index (κ1) is 19.9. The van der Waals surface area contributed by atoms with Crippen molar-refractivity contribution in [3.8, 4) is 17.2 Å². The van der Waals surface area contributed by atoms with Crippen LogP contribution < -0.4 is 20.1 Å². The number of benzene rings is 2. The molecule has 1 aromatic heterocycles. The van der Waals surface area contributed by atoms with E-state index in [1.54, 1.807) is 32.4 Å². The molecule has 8 heteroatoms. The van der Waals surface area contributed by atoms with Crippen LogP contribution in [0.3, 0.4) is 0 Å². The normalized spacial score (nSPS) is 10.3. The van der Waals surface area contributed by atoms with Gasteiger partial charge in [0, 0.05) is 19.5 Å². The number of rotatable bonds is 7. The van der Waals surface area contributed by atoms with Crippen molar-refractivity contribution in [3.05, 3.63) is 65.9 Å². The quantitative estimate of drug-likeness (QED) is 0.643. The molecule has 0 atom stereocenters. The number of carbonyl (C=O) groups excluding carboxylic acids is 2. The molecule has 1 heterocycles. The zero-order valence-corrected chi connectivity index (χ0v) is 16.4. The molecule has 0 fully saturated rings. The highest BCUT2D eigenvalue weighted by Crippen LogP contribution is 2.27. The van der Waals surface area contributed by atoms with E-state index in [0.717, 1.165) is 11.3 Å². The van der Waals surface area contributed by atoms with Crippen LogP contribution >= 0.6 is 0 Å². The van der Waals surface area contributed by atoms with Crippen LogP contribution in [0.25, 0.3) is 5.69 Å². The van der Waals surface area contributed by atoms with E-state index in [9.17, 15) is 9.59 Å². The molecule has 3 aromatic rings. The molecule has 0 saturated carbocycles. The molecule has 0 bridgehead atoms. The summed E-state index contributed by atoms with van der Waals surface area (Å²) >= 11 is 0. The van der Waals surface area contributed by atoms with E-state index in [1.165, 1.54) is 11.6 Å². The van der Waals surface area contributed by atoms with Crippen molar-refractivity contribution in [1.82, 2.24) is 15.1 Å². The Kier molecular flexibility index (Phi) is 6.13. The number of anilines is 1. The van der Waals surface area contributed by atoms with Gasteiger partial charge in [-0.1, -0.05) is 24.3 Å². The van der Waals surface area contributed by atoms with Crippen molar-refractivity contribution in [2.24, 2.45) is 0 Å². The standard InChI is InChI=1S/C21H22N4O4/c1-14(26)23-20-12-17(24-25(20)16-7-5-4-6-8-16)21(27)22-13-15-9-10-18(28-2)19(11-15)29-3/h4-12H,13H2,1-3H3,(H,22,27)(H,23,26). The van der Waals surface area contributed by atoms with Gasteiger partial charge in [0.05, 0.1) is 19.9 Å². The fourth-order valence-electron chi connectivity index (χ4n) is 2.79. The van der Waals surface area contributed by atoms with Crippen LogP contribution in [-0.2, 0) is 11.3 Å². The molecule has 3 rings (SSSR count). The highest BCUT2D eigenvalue weighted by atomic mass is 16.5. The third-order valence-electron chi connectivity index (χ3n) is 4.15. The van der Waals surface area contributed by atoms with Gasteiger partial charge in [-0.05, 0) is 29.8 Å². The van der Waals surface area contributed by atoms with Gasteiger partial charge in [0.15, 0.2) is 17.2 Å². The van der Waals surface area contributed by atoms with E-state index in [0.29, 0.717) is 17.3 Å². The summed E-state index contributed by atoms with van der Waals surface area (Å²) in [6.45, 7) is 1.69. The van der Waals surface area contributed by atoms with Crippen LogP contribution in [0, 0.1) is 0 Å². The molecule has 2 amide bonds. The molecule has 0 spiro atoms. The van der Waals surface area contributed by atoms with Crippen LogP contribution in [0.4, 0.5) is 5.82 Å². The lowest BCUT2D eigenvalue weighted by Crippen LogP contribution is -2.23. The van der Waals surface area contributed by atoms with Crippen molar-refractivity contribution in [1.29, 1.82) is 0 Å². The average Bonchev–Trinajstić information content (AvgIpc) is 3.15. The van der Waals surface area contributed by atoms with E-state index >= 15 is 0 Å². The second kappa shape index (κ2) is 8.92. The summed E-state index contributed by atoms with van der Waals surface area (Å²) < 4.78 is 12.0. The van der Waals surface area contributed by atoms with E-state index in [4.69, 9.17) is 9.47 Å². The summed E-state index contributed by atoms with van der Waals surface area (Å²) in [5.74, 6) is 1.00. The van der Waals surface area contributed by atoms with E-state index < -0.39 is 0 Å². The minimum absolute atomic E-state index is 0.193. The Labute approximate surface area is 168 Å². The predicted octanol–water partition coefficient (Wildman–Crippen LogP) is 2.78. The Balaban J connectivity index is 1.79. The fraction of sp³-hybridized carbons (Fsp3) is 0.190. The lowest BCUT2D eigenvalue weighted by molar-refractivity contribution is -0.114. The number of nitrogens with zero attached hydrogens (tertiary/aromatic N) is 2. The number of aromatic nitrogens is 2. The Hall–Kier alpha value is -3.81. The molecule has 8 nitrogen and oxygen atoms in total. The third kappa shape index (κ3) is 4.73. The molecule has 150 valence electrons. The van der Waals surface area contributed by atoms with E-state index in [2.05, 4.69) is 15.7 Å². The number of methoxy groups -OCH3 is 2. The minimum atomic E-state index is -0.360. The molecule has 0 unspecified atom stereocenters. The van der Waals surface area contributed by atoms with Crippen molar-refractivity contribution in [2.75, 3.05) is 19.5 Å². The summed E-state index contributed by atoms with van der Waals surface area (Å²) in [5, 5.41) is 9.88. The molecule has 0 aliphatic heterocycles. The van der Waals surface area contributed by atoms with Gasteiger partial charge in [-0.25, -0.2) is 4.68 Å². The summed E-state index contributed by atoms with van der Waals surface area (Å²) in [4.78, 5) is 24.1. The van der Waals surface area contributed by atoms with Gasteiger partial charge >= 0.3 is 0 Å². The zero-order valence-electron chi connectivity index (χ0n) is 16.4. The third-order valence-corrected chi connectivity index (χ3v) is 4.15. The van der Waals surface area contributed by atoms with Gasteiger partial charge < -0.3 is 20.1 Å². The van der Waals surface area contributed by atoms with Gasteiger partial charge in [-0.15, -0.1) is 0 Å². The van der Waals surface area contributed by atoms with Crippen molar-refractivity contribution < 1.29 is 19.1 Å². The Morgan fingerprint density at radius 2 is 1.72 bits per heavy atom. The van der Waals surface area contributed by atoms with Crippen LogP contribution in [0.2, 0.25) is 0 Å². The summed E-state index contributed by atoms with van der Waals surface area (Å²) in [5.41, 5.74) is 1.77. The highest BCUT2D eigenvalue weighted by molar-refractivity contribution is 5.95. The molecule has 2 N–H and O–H groups in total. The number of hydrogen-bond donors (Lipinski definition) is 2. The summed E-state index contributed by atoms with van der Waals surface area (Å²) in [7, 11) is 3.12.